The molecule has 0 aromatic rings. The lowest BCUT2D eigenvalue weighted by Gasteiger charge is -2.63. The van der Waals surface area contributed by atoms with Gasteiger partial charge in [-0.15, -0.1) is 0 Å². The Hall–Kier alpha value is -0.530. The van der Waals surface area contributed by atoms with Crippen LogP contribution in [0.2, 0.25) is 0 Å². The third-order valence-electron chi connectivity index (χ3n) is 7.41. The lowest BCUT2D eigenvalue weighted by molar-refractivity contribution is -0.172. The van der Waals surface area contributed by atoms with Crippen molar-refractivity contribution in [1.82, 2.24) is 0 Å². The molecule has 0 heterocycles. The molecular formula is C17H26O2. The third-order valence-corrected chi connectivity index (χ3v) is 7.41. The Labute approximate surface area is 116 Å². The molecule has 5 rings (SSSR count). The van der Waals surface area contributed by atoms with E-state index in [9.17, 15) is 9.90 Å². The van der Waals surface area contributed by atoms with Crippen LogP contribution in [0.15, 0.2) is 0 Å². The molecule has 0 aromatic carbocycles. The van der Waals surface area contributed by atoms with Crippen molar-refractivity contribution in [3.05, 3.63) is 0 Å². The van der Waals surface area contributed by atoms with Crippen molar-refractivity contribution in [1.29, 1.82) is 0 Å². The number of carboxylic acid groups (broad SMARTS) is 1. The molecule has 106 valence electrons. The summed E-state index contributed by atoms with van der Waals surface area (Å²) in [6.45, 7) is 1.99. The van der Waals surface area contributed by atoms with Crippen LogP contribution in [0.1, 0.15) is 58.3 Å². The lowest BCUT2D eigenvalue weighted by Crippen LogP contribution is -2.57. The maximum Gasteiger partial charge on any atom is 0.306 e. The van der Waals surface area contributed by atoms with Gasteiger partial charge in [-0.3, -0.25) is 4.79 Å². The molecule has 5 saturated carbocycles. The Morgan fingerprint density at radius 1 is 1.05 bits per heavy atom. The highest BCUT2D eigenvalue weighted by Crippen LogP contribution is 2.67. The molecule has 5 fully saturated rings. The van der Waals surface area contributed by atoms with Crippen LogP contribution in [0, 0.1) is 40.9 Å². The highest BCUT2D eigenvalue weighted by Gasteiger charge is 2.60. The molecule has 1 N–H and O–H groups in total. The van der Waals surface area contributed by atoms with Crippen molar-refractivity contribution >= 4 is 5.97 Å². The van der Waals surface area contributed by atoms with Crippen LogP contribution in [0.3, 0.4) is 0 Å². The van der Waals surface area contributed by atoms with Crippen molar-refractivity contribution in [3.63, 3.8) is 0 Å². The van der Waals surface area contributed by atoms with Gasteiger partial charge in [0.25, 0.3) is 0 Å². The molecule has 2 heteroatoms. The fourth-order valence-corrected chi connectivity index (χ4v) is 6.75. The summed E-state index contributed by atoms with van der Waals surface area (Å²) in [4.78, 5) is 11.6. The van der Waals surface area contributed by atoms with Gasteiger partial charge in [0.15, 0.2) is 0 Å². The van der Waals surface area contributed by atoms with Crippen molar-refractivity contribution in [3.8, 4) is 0 Å². The van der Waals surface area contributed by atoms with Gasteiger partial charge in [-0.05, 0) is 80.0 Å². The first-order chi connectivity index (χ1) is 9.10. The zero-order chi connectivity index (χ0) is 13.2. The van der Waals surface area contributed by atoms with Crippen LogP contribution in [0.25, 0.3) is 0 Å². The summed E-state index contributed by atoms with van der Waals surface area (Å²) in [6, 6.07) is 0. The largest absolute Gasteiger partial charge is 0.481 e. The highest BCUT2D eigenvalue weighted by atomic mass is 16.4. The van der Waals surface area contributed by atoms with E-state index in [0.29, 0.717) is 0 Å². The first-order valence-electron chi connectivity index (χ1n) is 8.33. The first kappa shape index (κ1) is 12.2. The molecule has 4 bridgehead atoms. The SMILES string of the molecule is CC(C(=O)O)C1(C2C3CC4CC(C3)CC2C4)CCC1. The van der Waals surface area contributed by atoms with E-state index in [1.165, 1.54) is 51.4 Å². The molecule has 1 unspecified atom stereocenters. The number of carbonyl (C=O) groups is 1. The summed E-state index contributed by atoms with van der Waals surface area (Å²) in [5.41, 5.74) is 0.175. The smallest absolute Gasteiger partial charge is 0.306 e. The minimum Gasteiger partial charge on any atom is -0.481 e. The molecule has 0 radical (unpaired) electrons. The third kappa shape index (κ3) is 1.58. The van der Waals surface area contributed by atoms with Crippen LogP contribution in [0.5, 0.6) is 0 Å². The number of rotatable bonds is 3. The van der Waals surface area contributed by atoms with E-state index in [2.05, 4.69) is 0 Å². The normalized spacial score (nSPS) is 47.7. The molecule has 0 aliphatic heterocycles. The first-order valence-corrected chi connectivity index (χ1v) is 8.33. The fourth-order valence-electron chi connectivity index (χ4n) is 6.75. The molecular weight excluding hydrogens is 236 g/mol. The predicted octanol–water partition coefficient (Wildman–Crippen LogP) is 3.95. The second kappa shape index (κ2) is 3.99. The maximum absolute atomic E-state index is 11.6. The monoisotopic (exact) mass is 262 g/mol. The van der Waals surface area contributed by atoms with E-state index >= 15 is 0 Å². The van der Waals surface area contributed by atoms with Crippen LogP contribution >= 0.6 is 0 Å². The van der Waals surface area contributed by atoms with E-state index in [-0.39, 0.29) is 11.3 Å². The Bertz CT molecular complexity index is 368. The van der Waals surface area contributed by atoms with E-state index in [1.807, 2.05) is 6.92 Å². The maximum atomic E-state index is 11.6. The Morgan fingerprint density at radius 2 is 1.58 bits per heavy atom. The van der Waals surface area contributed by atoms with Gasteiger partial charge in [0.1, 0.15) is 0 Å². The van der Waals surface area contributed by atoms with Gasteiger partial charge >= 0.3 is 5.97 Å². The predicted molar refractivity (Wildman–Crippen MR) is 73.6 cm³/mol. The van der Waals surface area contributed by atoms with Crippen LogP contribution in [0.4, 0.5) is 0 Å². The van der Waals surface area contributed by atoms with E-state index in [0.717, 1.165) is 29.6 Å². The average Bonchev–Trinajstić information content (AvgIpc) is 2.29. The van der Waals surface area contributed by atoms with Gasteiger partial charge in [-0.1, -0.05) is 13.3 Å². The van der Waals surface area contributed by atoms with Gasteiger partial charge in [-0.25, -0.2) is 0 Å². The highest BCUT2D eigenvalue weighted by molar-refractivity contribution is 5.71. The Balaban J connectivity index is 1.65. The van der Waals surface area contributed by atoms with Gasteiger partial charge in [0.2, 0.25) is 0 Å². The summed E-state index contributed by atoms with van der Waals surface area (Å²) in [5, 5.41) is 9.54. The molecule has 19 heavy (non-hydrogen) atoms. The summed E-state index contributed by atoms with van der Waals surface area (Å²) in [5.74, 6) is 3.82. The molecule has 2 nitrogen and oxygen atoms in total. The standard InChI is InChI=1S/C17H26O2/c1-10(16(18)19)17(3-2-4-17)15-13-6-11-5-12(8-13)9-14(15)7-11/h10-15H,2-9H2,1H3,(H,18,19). The van der Waals surface area contributed by atoms with E-state index < -0.39 is 5.97 Å². The molecule has 0 amide bonds. The molecule has 0 spiro atoms. The van der Waals surface area contributed by atoms with Crippen LogP contribution in [-0.4, -0.2) is 11.1 Å². The molecule has 5 aliphatic rings. The minimum atomic E-state index is -0.548. The van der Waals surface area contributed by atoms with Crippen molar-refractivity contribution in [2.45, 2.75) is 58.3 Å². The van der Waals surface area contributed by atoms with Gasteiger partial charge in [0.05, 0.1) is 5.92 Å². The summed E-state index contributed by atoms with van der Waals surface area (Å²) < 4.78 is 0. The molecule has 0 saturated heterocycles. The summed E-state index contributed by atoms with van der Waals surface area (Å²) >= 11 is 0. The molecule has 0 aromatic heterocycles. The summed E-state index contributed by atoms with van der Waals surface area (Å²) in [7, 11) is 0. The Morgan fingerprint density at radius 3 is 1.95 bits per heavy atom. The number of hydrogen-bond donors (Lipinski definition) is 1. The minimum absolute atomic E-state index is 0.122. The number of aliphatic carboxylic acids is 1. The molecule has 1 atom stereocenters. The second-order valence-corrected chi connectivity index (χ2v) is 8.10. The van der Waals surface area contributed by atoms with E-state index in [1.54, 1.807) is 0 Å². The van der Waals surface area contributed by atoms with Gasteiger partial charge < -0.3 is 5.11 Å². The van der Waals surface area contributed by atoms with Gasteiger partial charge in [-0.2, -0.15) is 0 Å². The van der Waals surface area contributed by atoms with Crippen molar-refractivity contribution in [2.24, 2.45) is 40.9 Å². The number of carboxylic acids is 1. The van der Waals surface area contributed by atoms with Crippen molar-refractivity contribution in [2.75, 3.05) is 0 Å². The topological polar surface area (TPSA) is 37.3 Å². The van der Waals surface area contributed by atoms with Crippen LogP contribution in [-0.2, 0) is 4.79 Å². The van der Waals surface area contributed by atoms with Crippen LogP contribution < -0.4 is 0 Å². The zero-order valence-corrected chi connectivity index (χ0v) is 12.0. The quantitative estimate of drug-likeness (QED) is 0.836. The van der Waals surface area contributed by atoms with E-state index in [4.69, 9.17) is 0 Å². The fraction of sp³-hybridized carbons (Fsp3) is 0.941. The number of hydrogen-bond acceptors (Lipinski definition) is 1. The van der Waals surface area contributed by atoms with Crippen molar-refractivity contribution < 1.29 is 9.90 Å². The Kier molecular flexibility index (Phi) is 2.57. The second-order valence-electron chi connectivity index (χ2n) is 8.10. The molecule has 5 aliphatic carbocycles. The lowest BCUT2D eigenvalue weighted by atomic mass is 9.41. The summed E-state index contributed by atoms with van der Waals surface area (Å²) in [6.07, 6.45) is 10.8. The average molecular weight is 262 g/mol. The van der Waals surface area contributed by atoms with Gasteiger partial charge in [0, 0.05) is 0 Å². The zero-order valence-electron chi connectivity index (χ0n) is 12.0.